The van der Waals surface area contributed by atoms with Crippen LogP contribution in [0, 0.1) is 19.8 Å². The first-order valence-corrected chi connectivity index (χ1v) is 13.1. The molecule has 0 bridgehead atoms. The molecule has 182 valence electrons. The van der Waals surface area contributed by atoms with Gasteiger partial charge in [-0.15, -0.1) is 0 Å². The monoisotopic (exact) mass is 485 g/mol. The van der Waals surface area contributed by atoms with Crippen molar-refractivity contribution in [1.82, 2.24) is 9.21 Å². The molecule has 2 unspecified atom stereocenters. The summed E-state index contributed by atoms with van der Waals surface area (Å²) in [6.45, 7) is 5.29. The van der Waals surface area contributed by atoms with Crippen LogP contribution in [0.25, 0.3) is 0 Å². The molecule has 3 fully saturated rings. The number of anilines is 1. The van der Waals surface area contributed by atoms with Crippen LogP contribution in [0.2, 0.25) is 0 Å². The van der Waals surface area contributed by atoms with E-state index in [-0.39, 0.29) is 24.2 Å². The predicted octanol–water partition coefficient (Wildman–Crippen LogP) is 2.97. The highest BCUT2D eigenvalue weighted by molar-refractivity contribution is 7.90. The number of ether oxygens (including phenoxy) is 2. The normalized spacial score (nSPS) is 26.4. The van der Waals surface area contributed by atoms with Crippen molar-refractivity contribution in [2.24, 2.45) is 5.92 Å². The average Bonchev–Trinajstić information content (AvgIpc) is 3.24. The Bertz CT molecular complexity index is 1200. The van der Waals surface area contributed by atoms with Crippen LogP contribution in [0.15, 0.2) is 42.5 Å². The summed E-state index contributed by atoms with van der Waals surface area (Å²) in [5, 5.41) is 0. The number of likely N-dealkylation sites (tertiary alicyclic amines) is 1. The van der Waals surface area contributed by atoms with Crippen LogP contribution in [0.3, 0.4) is 0 Å². The summed E-state index contributed by atoms with van der Waals surface area (Å²) in [5.41, 5.74) is 3.11. The fourth-order valence-corrected chi connectivity index (χ4v) is 6.56. The van der Waals surface area contributed by atoms with Gasteiger partial charge in [0.1, 0.15) is 18.0 Å². The molecule has 2 heterocycles. The molecular weight excluding hydrogens is 454 g/mol. The number of hydrogen-bond donors (Lipinski definition) is 1. The van der Waals surface area contributed by atoms with E-state index < -0.39 is 10.2 Å². The Hall–Kier alpha value is -2.62. The standard InChI is InChI=1S/C25H31N3O5S/c1-16-7-8-17(2)21(11-16)25(29)27-14-23(32-3)24(15-27)33-20-6-4-5-19(13-20)26-34(30,31)28-10-9-18-12-22(18)28/h4-8,11,13,18,22-24,26H,9-10,12,14-15H2,1-3H3/t18-,22-,23?,24?/m1/s1. The first-order valence-electron chi connectivity index (χ1n) is 11.7. The Morgan fingerprint density at radius 1 is 1.09 bits per heavy atom. The molecule has 4 atom stereocenters. The molecule has 1 saturated carbocycles. The van der Waals surface area contributed by atoms with E-state index in [1.54, 1.807) is 40.6 Å². The lowest BCUT2D eigenvalue weighted by Crippen LogP contribution is -2.35. The number of rotatable bonds is 7. The van der Waals surface area contributed by atoms with E-state index in [1.165, 1.54) is 0 Å². The Balaban J connectivity index is 1.27. The van der Waals surface area contributed by atoms with Crippen molar-refractivity contribution in [2.75, 3.05) is 31.5 Å². The topological polar surface area (TPSA) is 88.2 Å². The second-order valence-electron chi connectivity index (χ2n) is 9.56. The van der Waals surface area contributed by atoms with Crippen molar-refractivity contribution in [1.29, 1.82) is 0 Å². The summed E-state index contributed by atoms with van der Waals surface area (Å²) in [6, 6.07) is 12.9. The number of aryl methyl sites for hydroxylation is 2. The molecule has 0 radical (unpaired) electrons. The first-order chi connectivity index (χ1) is 16.2. The lowest BCUT2D eigenvalue weighted by Gasteiger charge is -2.21. The number of carbonyl (C=O) groups is 1. The lowest BCUT2D eigenvalue weighted by atomic mass is 10.0. The molecule has 3 aliphatic rings. The lowest BCUT2D eigenvalue weighted by molar-refractivity contribution is 0.0340. The van der Waals surface area contributed by atoms with Gasteiger partial charge in [-0.3, -0.25) is 9.52 Å². The summed E-state index contributed by atoms with van der Waals surface area (Å²) in [4.78, 5) is 14.9. The van der Waals surface area contributed by atoms with Crippen LogP contribution >= 0.6 is 0 Å². The second kappa shape index (κ2) is 8.87. The fourth-order valence-electron chi connectivity index (χ4n) is 5.05. The number of methoxy groups -OCH3 is 1. The highest BCUT2D eigenvalue weighted by Crippen LogP contribution is 2.45. The summed E-state index contributed by atoms with van der Waals surface area (Å²) >= 11 is 0. The first kappa shape index (κ1) is 23.1. The molecule has 8 nitrogen and oxygen atoms in total. The van der Waals surface area contributed by atoms with Crippen molar-refractivity contribution >= 4 is 21.8 Å². The number of hydrogen-bond acceptors (Lipinski definition) is 5. The minimum Gasteiger partial charge on any atom is -0.486 e. The molecule has 1 amide bonds. The van der Waals surface area contributed by atoms with Gasteiger partial charge in [0, 0.05) is 31.3 Å². The Morgan fingerprint density at radius 3 is 2.59 bits per heavy atom. The van der Waals surface area contributed by atoms with Crippen LogP contribution < -0.4 is 9.46 Å². The molecule has 1 N–H and O–H groups in total. The quantitative estimate of drug-likeness (QED) is 0.652. The highest BCUT2D eigenvalue weighted by Gasteiger charge is 2.51. The van der Waals surface area contributed by atoms with Gasteiger partial charge in [-0.1, -0.05) is 23.8 Å². The smallest absolute Gasteiger partial charge is 0.301 e. The number of fused-ring (bicyclic) bond motifs is 1. The molecule has 2 aliphatic heterocycles. The zero-order valence-electron chi connectivity index (χ0n) is 19.7. The summed E-state index contributed by atoms with van der Waals surface area (Å²) < 4.78 is 41.7. The number of nitrogens with one attached hydrogen (secondary N) is 1. The number of amides is 1. The zero-order valence-corrected chi connectivity index (χ0v) is 20.5. The van der Waals surface area contributed by atoms with Crippen molar-refractivity contribution < 1.29 is 22.7 Å². The summed E-state index contributed by atoms with van der Waals surface area (Å²) in [5.74, 6) is 1.01. The predicted molar refractivity (Wildman–Crippen MR) is 129 cm³/mol. The van der Waals surface area contributed by atoms with Crippen molar-refractivity contribution in [3.05, 3.63) is 59.2 Å². The molecule has 1 aliphatic carbocycles. The van der Waals surface area contributed by atoms with E-state index in [1.807, 2.05) is 32.0 Å². The molecule has 2 aromatic carbocycles. The van der Waals surface area contributed by atoms with E-state index in [0.29, 0.717) is 42.6 Å². The van der Waals surface area contributed by atoms with Gasteiger partial charge < -0.3 is 14.4 Å². The van der Waals surface area contributed by atoms with Gasteiger partial charge in [-0.25, -0.2) is 0 Å². The Kier molecular flexibility index (Phi) is 6.03. The van der Waals surface area contributed by atoms with Gasteiger partial charge in [-0.05, 0) is 56.4 Å². The van der Waals surface area contributed by atoms with Crippen LogP contribution in [-0.2, 0) is 14.9 Å². The van der Waals surface area contributed by atoms with E-state index in [0.717, 1.165) is 24.0 Å². The second-order valence-corrected chi connectivity index (χ2v) is 11.2. The minimum atomic E-state index is -3.59. The Morgan fingerprint density at radius 2 is 1.88 bits per heavy atom. The molecule has 0 spiro atoms. The molecule has 9 heteroatoms. The van der Waals surface area contributed by atoms with E-state index >= 15 is 0 Å². The molecular formula is C25H31N3O5S. The van der Waals surface area contributed by atoms with E-state index in [2.05, 4.69) is 4.72 Å². The Labute approximate surface area is 201 Å². The largest absolute Gasteiger partial charge is 0.486 e. The molecule has 0 aromatic heterocycles. The number of benzene rings is 2. The average molecular weight is 486 g/mol. The number of nitrogens with zero attached hydrogens (tertiary/aromatic N) is 2. The molecule has 34 heavy (non-hydrogen) atoms. The third kappa shape index (κ3) is 4.52. The van der Waals surface area contributed by atoms with Crippen molar-refractivity contribution in [3.8, 4) is 5.75 Å². The summed E-state index contributed by atoms with van der Waals surface area (Å²) in [7, 11) is -1.98. The maximum absolute atomic E-state index is 13.2. The van der Waals surface area contributed by atoms with Crippen molar-refractivity contribution in [2.45, 2.75) is 44.9 Å². The van der Waals surface area contributed by atoms with Gasteiger partial charge in [0.05, 0.1) is 18.8 Å². The third-order valence-corrected chi connectivity index (χ3v) is 8.65. The van der Waals surface area contributed by atoms with Gasteiger partial charge in [-0.2, -0.15) is 12.7 Å². The third-order valence-electron chi connectivity index (χ3n) is 7.08. The van der Waals surface area contributed by atoms with Crippen molar-refractivity contribution in [3.63, 3.8) is 0 Å². The van der Waals surface area contributed by atoms with Crippen LogP contribution in [0.5, 0.6) is 5.75 Å². The van der Waals surface area contributed by atoms with Crippen LogP contribution in [0.1, 0.15) is 34.3 Å². The van der Waals surface area contributed by atoms with Crippen LogP contribution in [-0.4, -0.2) is 68.5 Å². The maximum atomic E-state index is 13.2. The maximum Gasteiger partial charge on any atom is 0.301 e. The molecule has 5 rings (SSSR count). The van der Waals surface area contributed by atoms with E-state index in [9.17, 15) is 13.2 Å². The fraction of sp³-hybridized carbons (Fsp3) is 0.480. The molecule has 2 saturated heterocycles. The SMILES string of the molecule is COC1CN(C(=O)c2cc(C)ccc2C)CC1Oc1cccc(NS(=O)(=O)N2CC[C@@H]3C[C@H]32)c1. The zero-order chi connectivity index (χ0) is 24.0. The van der Waals surface area contributed by atoms with Gasteiger partial charge in [0.2, 0.25) is 0 Å². The van der Waals surface area contributed by atoms with Gasteiger partial charge in [0.25, 0.3) is 5.91 Å². The molecule has 2 aromatic rings. The van der Waals surface area contributed by atoms with Gasteiger partial charge in [0.15, 0.2) is 0 Å². The highest BCUT2D eigenvalue weighted by atomic mass is 32.2. The number of carbonyl (C=O) groups excluding carboxylic acids is 1. The minimum absolute atomic E-state index is 0.0418. The van der Waals surface area contributed by atoms with E-state index in [4.69, 9.17) is 9.47 Å². The van der Waals surface area contributed by atoms with Gasteiger partial charge >= 0.3 is 10.2 Å². The van der Waals surface area contributed by atoms with Crippen LogP contribution in [0.4, 0.5) is 5.69 Å². The summed E-state index contributed by atoms with van der Waals surface area (Å²) in [6.07, 6.45) is 1.25. The number of piperidine rings is 1.